The second-order valence-electron chi connectivity index (χ2n) is 5.78. The molecular weight excluding hydrogens is 350 g/mol. The Kier molecular flexibility index (Phi) is 5.06. The van der Waals surface area contributed by atoms with E-state index in [9.17, 15) is 14.4 Å². The molecule has 1 aliphatic carbocycles. The van der Waals surface area contributed by atoms with Crippen molar-refractivity contribution in [1.29, 1.82) is 0 Å². The number of hydrogen-bond acceptors (Lipinski definition) is 5. The van der Waals surface area contributed by atoms with Gasteiger partial charge in [0.15, 0.2) is 0 Å². The van der Waals surface area contributed by atoms with Crippen LogP contribution in [-0.4, -0.2) is 24.4 Å². The lowest BCUT2D eigenvalue weighted by Crippen LogP contribution is -2.31. The molecule has 128 valence electrons. The summed E-state index contributed by atoms with van der Waals surface area (Å²) in [6, 6.07) is 0. The summed E-state index contributed by atoms with van der Waals surface area (Å²) >= 11 is 7.49. The highest BCUT2D eigenvalue weighted by Crippen LogP contribution is 2.42. The van der Waals surface area contributed by atoms with E-state index in [-0.39, 0.29) is 24.2 Å². The Balaban J connectivity index is 1.84. The molecule has 2 amide bonds. The highest BCUT2D eigenvalue weighted by molar-refractivity contribution is 7.15. The van der Waals surface area contributed by atoms with Gasteiger partial charge in [-0.2, -0.15) is 0 Å². The van der Waals surface area contributed by atoms with Gasteiger partial charge in [0, 0.05) is 28.5 Å². The monoisotopic (exact) mass is 367 g/mol. The fraction of sp³-hybridized carbons (Fsp3) is 0.471. The fourth-order valence-corrected chi connectivity index (χ4v) is 4.51. The summed E-state index contributed by atoms with van der Waals surface area (Å²) < 4.78 is 4.93. The molecule has 7 heteroatoms. The lowest BCUT2D eigenvalue weighted by Gasteiger charge is -2.15. The molecule has 0 spiro atoms. The second-order valence-corrected chi connectivity index (χ2v) is 7.05. The summed E-state index contributed by atoms with van der Waals surface area (Å²) in [6.45, 7) is 2.07. The van der Waals surface area contributed by atoms with Crippen molar-refractivity contribution < 1.29 is 19.1 Å². The molecule has 2 aliphatic rings. The maximum absolute atomic E-state index is 12.7. The normalized spacial score (nSPS) is 17.5. The van der Waals surface area contributed by atoms with Crippen molar-refractivity contribution in [2.24, 2.45) is 0 Å². The summed E-state index contributed by atoms with van der Waals surface area (Å²) in [5, 5.41) is 2.72. The van der Waals surface area contributed by atoms with E-state index in [1.54, 1.807) is 12.3 Å². The highest BCUT2D eigenvalue weighted by Gasteiger charge is 2.41. The van der Waals surface area contributed by atoms with Gasteiger partial charge in [-0.15, -0.1) is 11.3 Å². The summed E-state index contributed by atoms with van der Waals surface area (Å²) in [6.07, 6.45) is 3.71. The number of esters is 1. The first-order chi connectivity index (χ1) is 11.5. The Morgan fingerprint density at radius 3 is 2.46 bits per heavy atom. The Morgan fingerprint density at radius 1 is 1.25 bits per heavy atom. The van der Waals surface area contributed by atoms with Gasteiger partial charge in [-0.25, -0.2) is 4.90 Å². The molecular formula is C17H18ClNO4S. The zero-order chi connectivity index (χ0) is 17.3. The standard InChI is InChI=1S/C17H18ClNO4S/c1-2-23-14(20)8-7-12-13(18)9-24-17(12)19-15(21)10-5-3-4-6-11(10)16(19)22/h9H,2-8H2,1H3. The van der Waals surface area contributed by atoms with Crippen LogP contribution in [0, 0.1) is 0 Å². The molecule has 3 rings (SSSR count). The molecule has 1 aliphatic heterocycles. The van der Waals surface area contributed by atoms with Crippen molar-refractivity contribution in [3.63, 3.8) is 0 Å². The minimum absolute atomic E-state index is 0.167. The molecule has 1 aromatic rings. The van der Waals surface area contributed by atoms with Gasteiger partial charge >= 0.3 is 5.97 Å². The minimum Gasteiger partial charge on any atom is -0.466 e. The lowest BCUT2D eigenvalue weighted by atomic mass is 9.93. The van der Waals surface area contributed by atoms with Crippen LogP contribution in [0.2, 0.25) is 5.02 Å². The van der Waals surface area contributed by atoms with Crippen molar-refractivity contribution in [1.82, 2.24) is 0 Å². The molecule has 2 heterocycles. The lowest BCUT2D eigenvalue weighted by molar-refractivity contribution is -0.143. The number of carbonyl (C=O) groups is 3. The van der Waals surface area contributed by atoms with Crippen molar-refractivity contribution in [3.05, 3.63) is 27.1 Å². The quantitative estimate of drug-likeness (QED) is 0.588. The molecule has 0 bridgehead atoms. The number of rotatable bonds is 5. The SMILES string of the molecule is CCOC(=O)CCc1c(Cl)csc1N1C(=O)C2=C(CCCC2)C1=O. The molecule has 0 aromatic carbocycles. The predicted octanol–water partition coefficient (Wildman–Crippen LogP) is 3.64. The van der Waals surface area contributed by atoms with Crippen LogP contribution in [0.4, 0.5) is 5.00 Å². The third-order valence-corrected chi connectivity index (χ3v) is 5.77. The molecule has 24 heavy (non-hydrogen) atoms. The summed E-state index contributed by atoms with van der Waals surface area (Å²) in [4.78, 5) is 38.2. The van der Waals surface area contributed by atoms with Gasteiger partial charge in [0.1, 0.15) is 5.00 Å². The maximum atomic E-state index is 12.7. The van der Waals surface area contributed by atoms with Gasteiger partial charge in [0.25, 0.3) is 11.8 Å². The smallest absolute Gasteiger partial charge is 0.306 e. The number of nitrogens with zero attached hydrogens (tertiary/aromatic N) is 1. The van der Waals surface area contributed by atoms with Crippen molar-refractivity contribution >= 4 is 45.7 Å². The van der Waals surface area contributed by atoms with E-state index in [0.717, 1.165) is 12.8 Å². The topological polar surface area (TPSA) is 63.7 Å². The number of anilines is 1. The van der Waals surface area contributed by atoms with Crippen LogP contribution < -0.4 is 4.90 Å². The number of amides is 2. The van der Waals surface area contributed by atoms with Crippen molar-refractivity contribution in [2.45, 2.75) is 45.4 Å². The molecule has 0 saturated heterocycles. The van der Waals surface area contributed by atoms with E-state index < -0.39 is 0 Å². The molecule has 0 N–H and O–H groups in total. The van der Waals surface area contributed by atoms with Crippen LogP contribution in [0.3, 0.4) is 0 Å². The van der Waals surface area contributed by atoms with Gasteiger partial charge < -0.3 is 4.74 Å². The number of thiophene rings is 1. The van der Waals surface area contributed by atoms with Crippen LogP contribution in [0.15, 0.2) is 16.5 Å². The van der Waals surface area contributed by atoms with Crippen LogP contribution in [-0.2, 0) is 25.5 Å². The Morgan fingerprint density at radius 2 is 1.88 bits per heavy atom. The second kappa shape index (κ2) is 7.07. The minimum atomic E-state index is -0.317. The maximum Gasteiger partial charge on any atom is 0.306 e. The van der Waals surface area contributed by atoms with E-state index in [2.05, 4.69) is 0 Å². The van der Waals surface area contributed by atoms with Gasteiger partial charge in [-0.05, 0) is 39.0 Å². The zero-order valence-electron chi connectivity index (χ0n) is 13.4. The Hall–Kier alpha value is -1.66. The Labute approximate surface area is 149 Å². The average molecular weight is 368 g/mol. The first kappa shape index (κ1) is 17.2. The van der Waals surface area contributed by atoms with E-state index in [1.165, 1.54) is 16.2 Å². The number of ether oxygens (including phenoxy) is 1. The van der Waals surface area contributed by atoms with Gasteiger partial charge in [0.05, 0.1) is 11.6 Å². The molecule has 5 nitrogen and oxygen atoms in total. The van der Waals surface area contributed by atoms with Crippen LogP contribution in [0.1, 0.15) is 44.6 Å². The molecule has 0 atom stereocenters. The number of carbonyl (C=O) groups excluding carboxylic acids is 3. The van der Waals surface area contributed by atoms with E-state index in [0.29, 0.717) is 52.6 Å². The number of halogens is 1. The molecule has 0 fully saturated rings. The first-order valence-electron chi connectivity index (χ1n) is 8.06. The van der Waals surface area contributed by atoms with Gasteiger partial charge in [-0.3, -0.25) is 14.4 Å². The molecule has 1 aromatic heterocycles. The van der Waals surface area contributed by atoms with Crippen LogP contribution in [0.5, 0.6) is 0 Å². The molecule has 0 radical (unpaired) electrons. The Bertz CT molecular complexity index is 709. The number of imide groups is 1. The third kappa shape index (κ3) is 3.00. The predicted molar refractivity (Wildman–Crippen MR) is 92.3 cm³/mol. The largest absolute Gasteiger partial charge is 0.466 e. The fourth-order valence-electron chi connectivity index (χ4n) is 3.15. The van der Waals surface area contributed by atoms with Crippen molar-refractivity contribution in [3.8, 4) is 0 Å². The number of hydrogen-bond donors (Lipinski definition) is 0. The van der Waals surface area contributed by atoms with E-state index in [1.807, 2.05) is 0 Å². The van der Waals surface area contributed by atoms with Gasteiger partial charge in [-0.1, -0.05) is 11.6 Å². The van der Waals surface area contributed by atoms with Crippen LogP contribution in [0.25, 0.3) is 0 Å². The third-order valence-electron chi connectivity index (χ3n) is 4.30. The molecule has 0 unspecified atom stereocenters. The summed E-state index contributed by atoms with van der Waals surface area (Å²) in [5.41, 5.74) is 1.95. The summed E-state index contributed by atoms with van der Waals surface area (Å²) in [5.74, 6) is -0.779. The van der Waals surface area contributed by atoms with Gasteiger partial charge in [0.2, 0.25) is 0 Å². The van der Waals surface area contributed by atoms with E-state index >= 15 is 0 Å². The van der Waals surface area contributed by atoms with E-state index in [4.69, 9.17) is 16.3 Å². The first-order valence-corrected chi connectivity index (χ1v) is 9.32. The zero-order valence-corrected chi connectivity index (χ0v) is 15.0. The molecule has 0 saturated carbocycles. The average Bonchev–Trinajstić information content (AvgIpc) is 3.05. The van der Waals surface area contributed by atoms with Crippen molar-refractivity contribution in [2.75, 3.05) is 11.5 Å². The van der Waals surface area contributed by atoms with Crippen LogP contribution >= 0.6 is 22.9 Å². The highest BCUT2D eigenvalue weighted by atomic mass is 35.5. The summed E-state index contributed by atoms with van der Waals surface area (Å²) in [7, 11) is 0.